The molecule has 0 spiro atoms. The van der Waals surface area contributed by atoms with E-state index in [-0.39, 0.29) is 5.91 Å². The van der Waals surface area contributed by atoms with Crippen LogP contribution in [0.2, 0.25) is 0 Å². The predicted octanol–water partition coefficient (Wildman–Crippen LogP) is 5.23. The lowest BCUT2D eigenvalue weighted by molar-refractivity contribution is 0.0538. The highest BCUT2D eigenvalue weighted by atomic mass is 16.5. The Morgan fingerprint density at radius 3 is 2.60 bits per heavy atom. The van der Waals surface area contributed by atoms with Crippen molar-refractivity contribution in [3.05, 3.63) is 108 Å². The minimum Gasteiger partial charge on any atom is -0.490 e. The Bertz CT molecular complexity index is 1050. The molecule has 0 radical (unpaired) electrons. The number of carbonyl (C=O) groups excluding carboxylic acids is 1. The zero-order valence-corrected chi connectivity index (χ0v) is 17.2. The van der Waals surface area contributed by atoms with E-state index in [9.17, 15) is 4.79 Å². The van der Waals surface area contributed by atoms with Gasteiger partial charge in [-0.3, -0.25) is 4.79 Å². The second-order valence-corrected chi connectivity index (χ2v) is 7.56. The normalized spacial score (nSPS) is 17.8. The van der Waals surface area contributed by atoms with Gasteiger partial charge in [0, 0.05) is 17.8 Å². The van der Waals surface area contributed by atoms with Crippen LogP contribution in [0.1, 0.15) is 28.4 Å². The first kappa shape index (κ1) is 19.8. The second kappa shape index (κ2) is 8.46. The van der Waals surface area contributed by atoms with E-state index in [1.807, 2.05) is 71.6 Å². The van der Waals surface area contributed by atoms with Gasteiger partial charge in [-0.1, -0.05) is 67.3 Å². The molecule has 0 saturated heterocycles. The fraction of sp³-hybridized carbons (Fsp3) is 0.192. The molecule has 1 aliphatic rings. The van der Waals surface area contributed by atoms with Gasteiger partial charge < -0.3 is 15.0 Å². The molecule has 0 fully saturated rings. The van der Waals surface area contributed by atoms with Gasteiger partial charge in [-0.05, 0) is 43.2 Å². The molecule has 1 aliphatic heterocycles. The van der Waals surface area contributed by atoms with Crippen LogP contribution < -0.4 is 10.1 Å². The van der Waals surface area contributed by atoms with E-state index in [0.717, 1.165) is 23.4 Å². The molecule has 3 aromatic carbocycles. The second-order valence-electron chi connectivity index (χ2n) is 7.56. The smallest absolute Gasteiger partial charge is 0.258 e. The number of anilines is 1. The van der Waals surface area contributed by atoms with Crippen molar-refractivity contribution in [2.75, 3.05) is 18.5 Å². The summed E-state index contributed by atoms with van der Waals surface area (Å²) >= 11 is 0. The van der Waals surface area contributed by atoms with Crippen LogP contribution in [0.25, 0.3) is 0 Å². The van der Waals surface area contributed by atoms with Crippen molar-refractivity contribution in [1.82, 2.24) is 4.90 Å². The molecular formula is C26H26N2O2. The largest absolute Gasteiger partial charge is 0.490 e. The Kier molecular flexibility index (Phi) is 5.57. The average molecular weight is 399 g/mol. The maximum Gasteiger partial charge on any atom is 0.258 e. The Hall–Kier alpha value is -3.53. The summed E-state index contributed by atoms with van der Waals surface area (Å²) < 4.78 is 5.74. The van der Waals surface area contributed by atoms with Crippen LogP contribution >= 0.6 is 0 Å². The maximum atomic E-state index is 13.5. The molecule has 4 rings (SSSR count). The Balaban J connectivity index is 1.72. The van der Waals surface area contributed by atoms with Crippen molar-refractivity contribution in [2.45, 2.75) is 19.0 Å². The van der Waals surface area contributed by atoms with Crippen molar-refractivity contribution in [2.24, 2.45) is 0 Å². The number of hydrogen-bond acceptors (Lipinski definition) is 3. The number of fused-ring (bicyclic) bond motifs is 1. The van der Waals surface area contributed by atoms with E-state index >= 15 is 0 Å². The van der Waals surface area contributed by atoms with Crippen molar-refractivity contribution in [3.8, 4) is 5.75 Å². The summed E-state index contributed by atoms with van der Waals surface area (Å²) in [7, 11) is 0. The summed E-state index contributed by atoms with van der Waals surface area (Å²) in [4.78, 5) is 15.5. The molecule has 1 amide bonds. The molecule has 3 aromatic rings. The Labute approximate surface area is 177 Å². The minimum atomic E-state index is -0.701. The molecule has 0 saturated carbocycles. The molecular weight excluding hydrogens is 372 g/mol. The quantitative estimate of drug-likeness (QED) is 0.554. The zero-order valence-electron chi connectivity index (χ0n) is 17.2. The highest BCUT2D eigenvalue weighted by Gasteiger charge is 2.42. The van der Waals surface area contributed by atoms with Gasteiger partial charge in [0.25, 0.3) is 5.91 Å². The van der Waals surface area contributed by atoms with Gasteiger partial charge in [0.1, 0.15) is 18.0 Å². The molecule has 4 heteroatoms. The molecule has 30 heavy (non-hydrogen) atoms. The van der Waals surface area contributed by atoms with Crippen LogP contribution in [0.3, 0.4) is 0 Å². The van der Waals surface area contributed by atoms with Gasteiger partial charge in [0.05, 0.1) is 5.56 Å². The summed E-state index contributed by atoms with van der Waals surface area (Å²) in [6.07, 6.45) is 2.50. The lowest BCUT2D eigenvalue weighted by Crippen LogP contribution is -2.56. The standard InChI is InChI=1S/C26H26N2O2/c1-3-18-30-22-13-9-12-21(19-22)26(2)27-24-15-8-7-14-23(24)25(29)28(26)17-16-20-10-5-4-6-11-20/h3-15,19,27H,1,16-18H2,2H3. The summed E-state index contributed by atoms with van der Waals surface area (Å²) in [5.41, 5.74) is 3.02. The van der Waals surface area contributed by atoms with Gasteiger partial charge in [-0.2, -0.15) is 0 Å². The summed E-state index contributed by atoms with van der Waals surface area (Å²) in [6, 6.07) is 25.8. The summed E-state index contributed by atoms with van der Waals surface area (Å²) in [5.74, 6) is 0.782. The number of para-hydroxylation sites is 1. The number of hydrogen-bond donors (Lipinski definition) is 1. The number of benzene rings is 3. The third kappa shape index (κ3) is 3.81. The SMILES string of the molecule is C=CCOc1cccc(C2(C)Nc3ccccc3C(=O)N2CCc2ccccc2)c1. The van der Waals surface area contributed by atoms with Crippen LogP contribution in [-0.4, -0.2) is 24.0 Å². The molecule has 152 valence electrons. The molecule has 0 bridgehead atoms. The number of nitrogens with one attached hydrogen (secondary N) is 1. The molecule has 1 atom stereocenters. The van der Waals surface area contributed by atoms with Gasteiger partial charge >= 0.3 is 0 Å². The number of rotatable bonds is 7. The fourth-order valence-electron chi connectivity index (χ4n) is 3.94. The number of carbonyl (C=O) groups is 1. The first-order valence-electron chi connectivity index (χ1n) is 10.2. The van der Waals surface area contributed by atoms with Gasteiger partial charge in [0.2, 0.25) is 0 Å². The maximum absolute atomic E-state index is 13.5. The van der Waals surface area contributed by atoms with Crippen molar-refractivity contribution in [3.63, 3.8) is 0 Å². The van der Waals surface area contributed by atoms with Gasteiger partial charge in [-0.25, -0.2) is 0 Å². The third-order valence-corrected chi connectivity index (χ3v) is 5.55. The number of nitrogens with zero attached hydrogens (tertiary/aromatic N) is 1. The van der Waals surface area contributed by atoms with E-state index in [1.54, 1.807) is 6.08 Å². The topological polar surface area (TPSA) is 41.6 Å². The average Bonchev–Trinajstić information content (AvgIpc) is 2.78. The summed E-state index contributed by atoms with van der Waals surface area (Å²) in [5, 5.41) is 3.62. The summed E-state index contributed by atoms with van der Waals surface area (Å²) in [6.45, 7) is 6.80. The Morgan fingerprint density at radius 1 is 1.03 bits per heavy atom. The number of amides is 1. The van der Waals surface area contributed by atoms with Crippen LogP contribution in [0.5, 0.6) is 5.75 Å². The van der Waals surface area contributed by atoms with E-state index in [2.05, 4.69) is 31.0 Å². The van der Waals surface area contributed by atoms with Crippen LogP contribution in [0.4, 0.5) is 5.69 Å². The molecule has 0 aliphatic carbocycles. The van der Waals surface area contributed by atoms with E-state index in [0.29, 0.717) is 18.7 Å². The minimum absolute atomic E-state index is 0.0280. The molecule has 1 N–H and O–H groups in total. The van der Waals surface area contributed by atoms with Crippen molar-refractivity contribution < 1.29 is 9.53 Å². The highest BCUT2D eigenvalue weighted by molar-refractivity contribution is 6.02. The molecule has 1 heterocycles. The highest BCUT2D eigenvalue weighted by Crippen LogP contribution is 2.38. The monoisotopic (exact) mass is 398 g/mol. The third-order valence-electron chi connectivity index (χ3n) is 5.55. The van der Waals surface area contributed by atoms with Crippen molar-refractivity contribution >= 4 is 11.6 Å². The van der Waals surface area contributed by atoms with Crippen molar-refractivity contribution in [1.29, 1.82) is 0 Å². The molecule has 0 aromatic heterocycles. The Morgan fingerprint density at radius 2 is 1.80 bits per heavy atom. The van der Waals surface area contributed by atoms with Gasteiger partial charge in [0.15, 0.2) is 0 Å². The van der Waals surface area contributed by atoms with E-state index in [4.69, 9.17) is 4.74 Å². The molecule has 1 unspecified atom stereocenters. The van der Waals surface area contributed by atoms with Crippen LogP contribution in [-0.2, 0) is 12.1 Å². The number of ether oxygens (including phenoxy) is 1. The zero-order chi connectivity index (χ0) is 21.0. The van der Waals surface area contributed by atoms with Crippen LogP contribution in [0, 0.1) is 0 Å². The molecule has 4 nitrogen and oxygen atoms in total. The lowest BCUT2D eigenvalue weighted by atomic mass is 9.93. The fourth-order valence-corrected chi connectivity index (χ4v) is 3.94. The predicted molar refractivity (Wildman–Crippen MR) is 121 cm³/mol. The van der Waals surface area contributed by atoms with E-state index in [1.165, 1.54) is 5.56 Å². The lowest BCUT2D eigenvalue weighted by Gasteiger charge is -2.47. The first-order valence-corrected chi connectivity index (χ1v) is 10.2. The van der Waals surface area contributed by atoms with Gasteiger partial charge in [-0.15, -0.1) is 0 Å². The first-order chi connectivity index (χ1) is 14.6. The van der Waals surface area contributed by atoms with Crippen LogP contribution in [0.15, 0.2) is 91.5 Å². The van der Waals surface area contributed by atoms with E-state index < -0.39 is 5.66 Å².